The number of benzene rings is 1. The molecule has 1 aliphatic heterocycles. The molecule has 3 rings (SSSR count). The zero-order chi connectivity index (χ0) is 18.5. The number of rotatable bonds is 4. The Hall–Kier alpha value is -2.67. The number of carbonyl (C=O) groups is 3. The Kier molecular flexibility index (Phi) is 5.68. The molecule has 1 aliphatic rings. The normalized spacial score (nSPS) is 16.8. The van der Waals surface area contributed by atoms with Gasteiger partial charge in [-0.15, -0.1) is 11.3 Å². The molecular weight excluding hydrogens is 354 g/mol. The van der Waals surface area contributed by atoms with Gasteiger partial charge in [0.2, 0.25) is 0 Å². The SMILES string of the molecule is COC(=O)c1ccc(OC(=O)C2CCCCN2C(=O)c2cccs2)cc1. The van der Waals surface area contributed by atoms with E-state index >= 15 is 0 Å². The van der Waals surface area contributed by atoms with Crippen molar-refractivity contribution in [3.8, 4) is 5.75 Å². The molecule has 0 N–H and O–H groups in total. The molecule has 1 unspecified atom stereocenters. The van der Waals surface area contributed by atoms with Crippen LogP contribution in [0.5, 0.6) is 5.75 Å². The Balaban J connectivity index is 1.70. The van der Waals surface area contributed by atoms with Crippen LogP contribution in [-0.4, -0.2) is 42.4 Å². The zero-order valence-electron chi connectivity index (χ0n) is 14.3. The monoisotopic (exact) mass is 373 g/mol. The molecule has 6 nitrogen and oxygen atoms in total. The number of amides is 1. The maximum absolute atomic E-state index is 12.7. The molecule has 0 aliphatic carbocycles. The minimum absolute atomic E-state index is 0.136. The standard InChI is InChI=1S/C19H19NO5S/c1-24-18(22)13-7-9-14(10-8-13)25-19(23)15-5-2-3-11-20(15)17(21)16-6-4-12-26-16/h4,6-10,12,15H,2-3,5,11H2,1H3. The average Bonchev–Trinajstić information content (AvgIpc) is 3.22. The molecule has 26 heavy (non-hydrogen) atoms. The van der Waals surface area contributed by atoms with Crippen LogP contribution in [0, 0.1) is 0 Å². The minimum Gasteiger partial charge on any atom is -0.465 e. The summed E-state index contributed by atoms with van der Waals surface area (Å²) in [6.07, 6.45) is 2.32. The first-order valence-corrected chi connectivity index (χ1v) is 9.22. The van der Waals surface area contributed by atoms with E-state index in [1.807, 2.05) is 11.4 Å². The van der Waals surface area contributed by atoms with Gasteiger partial charge in [0.15, 0.2) is 0 Å². The summed E-state index contributed by atoms with van der Waals surface area (Å²) in [6, 6.07) is 9.12. The van der Waals surface area contributed by atoms with E-state index in [0.29, 0.717) is 29.2 Å². The number of ether oxygens (including phenoxy) is 2. The molecule has 1 amide bonds. The highest BCUT2D eigenvalue weighted by molar-refractivity contribution is 7.12. The molecule has 1 aromatic carbocycles. The fourth-order valence-corrected chi connectivity index (χ4v) is 3.60. The van der Waals surface area contributed by atoms with Crippen LogP contribution in [0.15, 0.2) is 41.8 Å². The Morgan fingerprint density at radius 3 is 2.54 bits per heavy atom. The predicted octanol–water partition coefficient (Wildman–Crippen LogP) is 3.14. The first-order chi connectivity index (χ1) is 12.6. The summed E-state index contributed by atoms with van der Waals surface area (Å²) >= 11 is 1.36. The van der Waals surface area contributed by atoms with Gasteiger partial charge in [0.05, 0.1) is 17.6 Å². The average molecular weight is 373 g/mol. The van der Waals surface area contributed by atoms with Crippen molar-refractivity contribution in [2.24, 2.45) is 0 Å². The summed E-state index contributed by atoms with van der Waals surface area (Å²) < 4.78 is 10.1. The molecular formula is C19H19NO5S. The number of piperidine rings is 1. The molecule has 7 heteroatoms. The summed E-state index contributed by atoms with van der Waals surface area (Å²) in [7, 11) is 1.30. The molecule has 0 bridgehead atoms. The fraction of sp³-hybridized carbons (Fsp3) is 0.316. The Morgan fingerprint density at radius 2 is 1.88 bits per heavy atom. The van der Waals surface area contributed by atoms with E-state index in [1.165, 1.54) is 30.6 Å². The molecule has 1 atom stereocenters. The van der Waals surface area contributed by atoms with E-state index in [2.05, 4.69) is 4.74 Å². The molecule has 136 valence electrons. The maximum atomic E-state index is 12.7. The number of methoxy groups -OCH3 is 1. The van der Waals surface area contributed by atoms with Crippen molar-refractivity contribution in [1.82, 2.24) is 4.90 Å². The van der Waals surface area contributed by atoms with E-state index in [9.17, 15) is 14.4 Å². The number of carbonyl (C=O) groups excluding carboxylic acids is 3. The van der Waals surface area contributed by atoms with Crippen molar-refractivity contribution in [2.45, 2.75) is 25.3 Å². The maximum Gasteiger partial charge on any atom is 0.337 e. The fourth-order valence-electron chi connectivity index (χ4n) is 2.92. The third kappa shape index (κ3) is 3.94. The number of hydrogen-bond acceptors (Lipinski definition) is 6. The lowest BCUT2D eigenvalue weighted by molar-refractivity contribution is -0.140. The van der Waals surface area contributed by atoms with E-state index < -0.39 is 18.0 Å². The highest BCUT2D eigenvalue weighted by atomic mass is 32.1. The largest absolute Gasteiger partial charge is 0.465 e. The van der Waals surface area contributed by atoms with Gasteiger partial charge in [-0.25, -0.2) is 9.59 Å². The van der Waals surface area contributed by atoms with Crippen molar-refractivity contribution >= 4 is 29.2 Å². The molecule has 2 heterocycles. The van der Waals surface area contributed by atoms with Gasteiger partial charge in [0.1, 0.15) is 11.8 Å². The van der Waals surface area contributed by atoms with Crippen molar-refractivity contribution in [3.05, 3.63) is 52.2 Å². The molecule has 0 saturated carbocycles. The van der Waals surface area contributed by atoms with Gasteiger partial charge >= 0.3 is 11.9 Å². The van der Waals surface area contributed by atoms with Crippen LogP contribution in [0.4, 0.5) is 0 Å². The molecule has 2 aromatic rings. The van der Waals surface area contributed by atoms with Gasteiger partial charge in [-0.3, -0.25) is 4.79 Å². The highest BCUT2D eigenvalue weighted by Gasteiger charge is 2.34. The van der Waals surface area contributed by atoms with E-state index in [4.69, 9.17) is 4.74 Å². The molecule has 1 fully saturated rings. The smallest absolute Gasteiger partial charge is 0.337 e. The van der Waals surface area contributed by atoms with Crippen LogP contribution in [-0.2, 0) is 9.53 Å². The van der Waals surface area contributed by atoms with Crippen molar-refractivity contribution in [3.63, 3.8) is 0 Å². The number of likely N-dealkylation sites (tertiary alicyclic amines) is 1. The number of thiophene rings is 1. The van der Waals surface area contributed by atoms with Gasteiger partial charge in [0, 0.05) is 6.54 Å². The highest BCUT2D eigenvalue weighted by Crippen LogP contribution is 2.24. The number of hydrogen-bond donors (Lipinski definition) is 0. The topological polar surface area (TPSA) is 72.9 Å². The summed E-state index contributed by atoms with van der Waals surface area (Å²) in [5.74, 6) is -0.720. The molecule has 0 radical (unpaired) electrons. The summed E-state index contributed by atoms with van der Waals surface area (Å²) in [4.78, 5) is 38.9. The third-order valence-electron chi connectivity index (χ3n) is 4.26. The predicted molar refractivity (Wildman–Crippen MR) is 96.4 cm³/mol. The Morgan fingerprint density at radius 1 is 1.12 bits per heavy atom. The van der Waals surface area contributed by atoms with Gasteiger partial charge in [-0.1, -0.05) is 6.07 Å². The van der Waals surface area contributed by atoms with Crippen LogP contribution in [0.2, 0.25) is 0 Å². The van der Waals surface area contributed by atoms with Crippen molar-refractivity contribution in [2.75, 3.05) is 13.7 Å². The Labute approximate surface area is 155 Å². The Bertz CT molecular complexity index is 785. The van der Waals surface area contributed by atoms with Crippen LogP contribution < -0.4 is 4.74 Å². The molecule has 1 aromatic heterocycles. The van der Waals surface area contributed by atoms with Crippen molar-refractivity contribution < 1.29 is 23.9 Å². The molecule has 1 saturated heterocycles. The van der Waals surface area contributed by atoms with Crippen LogP contribution in [0.3, 0.4) is 0 Å². The lowest BCUT2D eigenvalue weighted by atomic mass is 10.0. The van der Waals surface area contributed by atoms with Crippen LogP contribution in [0.25, 0.3) is 0 Å². The summed E-state index contributed by atoms with van der Waals surface area (Å²) in [5.41, 5.74) is 0.375. The lowest BCUT2D eigenvalue weighted by Crippen LogP contribution is -2.49. The quantitative estimate of drug-likeness (QED) is 0.608. The van der Waals surface area contributed by atoms with E-state index in [-0.39, 0.29) is 5.91 Å². The van der Waals surface area contributed by atoms with E-state index in [1.54, 1.807) is 23.1 Å². The number of nitrogens with zero attached hydrogens (tertiary/aromatic N) is 1. The van der Waals surface area contributed by atoms with Gasteiger partial charge in [0.25, 0.3) is 5.91 Å². The van der Waals surface area contributed by atoms with Gasteiger partial charge < -0.3 is 14.4 Å². The third-order valence-corrected chi connectivity index (χ3v) is 5.12. The van der Waals surface area contributed by atoms with E-state index in [0.717, 1.165) is 12.8 Å². The minimum atomic E-state index is -0.598. The second-order valence-corrected chi connectivity index (χ2v) is 6.87. The zero-order valence-corrected chi connectivity index (χ0v) is 15.2. The van der Waals surface area contributed by atoms with Gasteiger partial charge in [-0.05, 0) is 55.0 Å². The lowest BCUT2D eigenvalue weighted by Gasteiger charge is -2.33. The second-order valence-electron chi connectivity index (χ2n) is 5.92. The summed E-state index contributed by atoms with van der Waals surface area (Å²) in [6.45, 7) is 0.539. The number of esters is 2. The van der Waals surface area contributed by atoms with Gasteiger partial charge in [-0.2, -0.15) is 0 Å². The molecule has 0 spiro atoms. The second kappa shape index (κ2) is 8.14. The van der Waals surface area contributed by atoms with Crippen molar-refractivity contribution in [1.29, 1.82) is 0 Å². The van der Waals surface area contributed by atoms with Crippen LogP contribution in [0.1, 0.15) is 39.3 Å². The first kappa shape index (κ1) is 18.1. The summed E-state index contributed by atoms with van der Waals surface area (Å²) in [5, 5.41) is 1.84. The first-order valence-electron chi connectivity index (χ1n) is 8.34. The van der Waals surface area contributed by atoms with Crippen LogP contribution >= 0.6 is 11.3 Å².